The van der Waals surface area contributed by atoms with E-state index in [1.54, 1.807) is 11.8 Å². The van der Waals surface area contributed by atoms with E-state index in [-0.39, 0.29) is 6.73 Å². The van der Waals surface area contributed by atoms with Gasteiger partial charge in [-0.15, -0.1) is 11.8 Å². The molecule has 1 N–H and O–H groups in total. The molecule has 0 aliphatic carbocycles. The standard InChI is InChI=1S/C11H17NOS/c1-12(9-13)8-7-10-3-5-11(14-2)6-4-10/h3-6,13H,7-9H2,1-2H3. The van der Waals surface area contributed by atoms with Gasteiger partial charge in [-0.3, -0.25) is 4.90 Å². The van der Waals surface area contributed by atoms with Crippen molar-refractivity contribution in [2.24, 2.45) is 0 Å². The van der Waals surface area contributed by atoms with Crippen molar-refractivity contribution in [1.29, 1.82) is 0 Å². The topological polar surface area (TPSA) is 23.5 Å². The van der Waals surface area contributed by atoms with Crippen LogP contribution in [0, 0.1) is 0 Å². The molecule has 0 saturated heterocycles. The molecule has 1 aromatic rings. The highest BCUT2D eigenvalue weighted by molar-refractivity contribution is 7.98. The van der Waals surface area contributed by atoms with E-state index in [1.807, 2.05) is 11.9 Å². The van der Waals surface area contributed by atoms with Gasteiger partial charge in [0.1, 0.15) is 0 Å². The maximum absolute atomic E-state index is 8.82. The highest BCUT2D eigenvalue weighted by Gasteiger charge is 1.97. The SMILES string of the molecule is CSc1ccc(CCN(C)CO)cc1. The summed E-state index contributed by atoms with van der Waals surface area (Å²) in [6.07, 6.45) is 3.07. The van der Waals surface area contributed by atoms with Crippen LogP contribution in [0.2, 0.25) is 0 Å². The molecule has 0 spiro atoms. The Morgan fingerprint density at radius 3 is 2.43 bits per heavy atom. The largest absolute Gasteiger partial charge is 0.381 e. The molecule has 0 atom stereocenters. The molecule has 2 nitrogen and oxygen atoms in total. The lowest BCUT2D eigenvalue weighted by atomic mass is 10.1. The molecule has 0 aliphatic rings. The summed E-state index contributed by atoms with van der Waals surface area (Å²) in [7, 11) is 1.91. The Labute approximate surface area is 89.9 Å². The summed E-state index contributed by atoms with van der Waals surface area (Å²) in [4.78, 5) is 3.19. The van der Waals surface area contributed by atoms with Gasteiger partial charge in [-0.25, -0.2) is 0 Å². The van der Waals surface area contributed by atoms with E-state index in [2.05, 4.69) is 30.5 Å². The summed E-state index contributed by atoms with van der Waals surface area (Å²) < 4.78 is 0. The minimum Gasteiger partial charge on any atom is -0.381 e. The van der Waals surface area contributed by atoms with Gasteiger partial charge in [0, 0.05) is 11.4 Å². The van der Waals surface area contributed by atoms with Crippen LogP contribution in [0.1, 0.15) is 5.56 Å². The van der Waals surface area contributed by atoms with Gasteiger partial charge in [0.05, 0.1) is 6.73 Å². The maximum Gasteiger partial charge on any atom is 0.0954 e. The van der Waals surface area contributed by atoms with Crippen molar-refractivity contribution < 1.29 is 5.11 Å². The third kappa shape index (κ3) is 3.70. The molecule has 0 bridgehead atoms. The van der Waals surface area contributed by atoms with Crippen molar-refractivity contribution in [1.82, 2.24) is 4.90 Å². The molecule has 0 radical (unpaired) electrons. The second-order valence-corrected chi connectivity index (χ2v) is 4.20. The summed E-state index contributed by atoms with van der Waals surface area (Å²) >= 11 is 1.76. The van der Waals surface area contributed by atoms with Crippen molar-refractivity contribution in [3.05, 3.63) is 29.8 Å². The van der Waals surface area contributed by atoms with Crippen LogP contribution in [-0.2, 0) is 6.42 Å². The fourth-order valence-corrected chi connectivity index (χ4v) is 1.59. The first kappa shape index (κ1) is 11.6. The molecule has 1 aromatic carbocycles. The number of hydrogen-bond donors (Lipinski definition) is 1. The lowest BCUT2D eigenvalue weighted by molar-refractivity contribution is 0.134. The van der Waals surface area contributed by atoms with Crippen LogP contribution in [-0.4, -0.2) is 36.6 Å². The number of likely N-dealkylation sites (N-methyl/N-ethyl adjacent to an activating group) is 1. The first-order valence-electron chi connectivity index (χ1n) is 4.68. The molecule has 1 rings (SSSR count). The second kappa shape index (κ2) is 6.06. The summed E-state index contributed by atoms with van der Waals surface area (Å²) in [5.74, 6) is 0. The van der Waals surface area contributed by atoms with Gasteiger partial charge in [0.25, 0.3) is 0 Å². The van der Waals surface area contributed by atoms with Crippen molar-refractivity contribution >= 4 is 11.8 Å². The van der Waals surface area contributed by atoms with Crippen LogP contribution in [0.4, 0.5) is 0 Å². The fraction of sp³-hybridized carbons (Fsp3) is 0.455. The monoisotopic (exact) mass is 211 g/mol. The summed E-state index contributed by atoms with van der Waals surface area (Å²) in [5.41, 5.74) is 1.32. The third-order valence-electron chi connectivity index (χ3n) is 2.18. The first-order chi connectivity index (χ1) is 6.76. The van der Waals surface area contributed by atoms with Gasteiger partial charge in [0.15, 0.2) is 0 Å². The number of hydrogen-bond acceptors (Lipinski definition) is 3. The smallest absolute Gasteiger partial charge is 0.0954 e. The number of aliphatic hydroxyl groups excluding tert-OH is 1. The molecule has 14 heavy (non-hydrogen) atoms. The highest BCUT2D eigenvalue weighted by Crippen LogP contribution is 2.15. The van der Waals surface area contributed by atoms with Crippen molar-refractivity contribution in [3.8, 4) is 0 Å². The lowest BCUT2D eigenvalue weighted by Gasteiger charge is -2.12. The number of rotatable bonds is 5. The van der Waals surface area contributed by atoms with E-state index in [9.17, 15) is 0 Å². The van der Waals surface area contributed by atoms with E-state index in [4.69, 9.17) is 5.11 Å². The van der Waals surface area contributed by atoms with E-state index >= 15 is 0 Å². The summed E-state index contributed by atoms with van der Waals surface area (Å²) in [5, 5.41) is 8.82. The van der Waals surface area contributed by atoms with E-state index in [1.165, 1.54) is 10.5 Å². The predicted octanol–water partition coefficient (Wildman–Crippen LogP) is 1.83. The molecular formula is C11H17NOS. The Kier molecular flexibility index (Phi) is 5.01. The van der Waals surface area contributed by atoms with Gasteiger partial charge in [-0.1, -0.05) is 12.1 Å². The zero-order chi connectivity index (χ0) is 10.4. The molecular weight excluding hydrogens is 194 g/mol. The summed E-state index contributed by atoms with van der Waals surface area (Å²) in [6.45, 7) is 1.03. The highest BCUT2D eigenvalue weighted by atomic mass is 32.2. The minimum atomic E-state index is 0.128. The number of aliphatic hydroxyl groups is 1. The van der Waals surface area contributed by atoms with E-state index in [0.717, 1.165) is 13.0 Å². The lowest BCUT2D eigenvalue weighted by Crippen LogP contribution is -2.21. The average Bonchev–Trinajstić information content (AvgIpc) is 2.26. The number of benzene rings is 1. The van der Waals surface area contributed by atoms with Gasteiger partial charge in [-0.2, -0.15) is 0 Å². The van der Waals surface area contributed by atoms with Crippen LogP contribution >= 0.6 is 11.8 Å². The Morgan fingerprint density at radius 2 is 1.93 bits per heavy atom. The van der Waals surface area contributed by atoms with Crippen LogP contribution in [0.3, 0.4) is 0 Å². The minimum absolute atomic E-state index is 0.128. The first-order valence-corrected chi connectivity index (χ1v) is 5.91. The predicted molar refractivity (Wildman–Crippen MR) is 61.6 cm³/mol. The average molecular weight is 211 g/mol. The molecule has 78 valence electrons. The van der Waals surface area contributed by atoms with Crippen molar-refractivity contribution in [3.63, 3.8) is 0 Å². The Morgan fingerprint density at radius 1 is 1.29 bits per heavy atom. The maximum atomic E-state index is 8.82. The molecule has 0 heterocycles. The van der Waals surface area contributed by atoms with Crippen LogP contribution in [0.15, 0.2) is 29.2 Å². The van der Waals surface area contributed by atoms with Gasteiger partial charge in [0.2, 0.25) is 0 Å². The summed E-state index contributed by atoms with van der Waals surface area (Å²) in [6, 6.07) is 8.58. The molecule has 0 unspecified atom stereocenters. The second-order valence-electron chi connectivity index (χ2n) is 3.32. The molecule has 0 amide bonds. The van der Waals surface area contributed by atoms with Crippen LogP contribution in [0.25, 0.3) is 0 Å². The van der Waals surface area contributed by atoms with Gasteiger partial charge in [-0.05, 0) is 37.4 Å². The quantitative estimate of drug-likeness (QED) is 0.594. The third-order valence-corrected chi connectivity index (χ3v) is 2.93. The van der Waals surface area contributed by atoms with Crippen LogP contribution in [0.5, 0.6) is 0 Å². The Bertz CT molecular complexity index is 260. The fourth-order valence-electron chi connectivity index (χ4n) is 1.18. The van der Waals surface area contributed by atoms with E-state index < -0.39 is 0 Å². The molecule has 0 fully saturated rings. The zero-order valence-electron chi connectivity index (χ0n) is 8.73. The molecule has 3 heteroatoms. The molecule has 0 aliphatic heterocycles. The number of thioether (sulfide) groups is 1. The molecule has 0 saturated carbocycles. The van der Waals surface area contributed by atoms with Crippen molar-refractivity contribution in [2.75, 3.05) is 26.6 Å². The van der Waals surface area contributed by atoms with Crippen molar-refractivity contribution in [2.45, 2.75) is 11.3 Å². The van der Waals surface area contributed by atoms with Gasteiger partial charge >= 0.3 is 0 Å². The number of nitrogens with zero attached hydrogens (tertiary/aromatic N) is 1. The van der Waals surface area contributed by atoms with E-state index in [0.29, 0.717) is 0 Å². The van der Waals surface area contributed by atoms with Crippen LogP contribution < -0.4 is 0 Å². The van der Waals surface area contributed by atoms with Gasteiger partial charge < -0.3 is 5.11 Å². The normalized spacial score (nSPS) is 10.9. The molecule has 0 aromatic heterocycles. The zero-order valence-corrected chi connectivity index (χ0v) is 9.55. The Balaban J connectivity index is 2.43. The Hall–Kier alpha value is -0.510.